The van der Waals surface area contributed by atoms with Crippen LogP contribution in [-0.4, -0.2) is 61.6 Å². The summed E-state index contributed by atoms with van der Waals surface area (Å²) in [5.41, 5.74) is 7.36. The van der Waals surface area contributed by atoms with E-state index < -0.39 is 0 Å². The van der Waals surface area contributed by atoms with Gasteiger partial charge in [-0.1, -0.05) is 37.3 Å². The maximum absolute atomic E-state index is 12.8. The first-order valence-corrected chi connectivity index (χ1v) is 9.54. The van der Waals surface area contributed by atoms with Crippen LogP contribution in [0.15, 0.2) is 30.3 Å². The van der Waals surface area contributed by atoms with Gasteiger partial charge in [0.1, 0.15) is 0 Å². The molecule has 0 aliphatic carbocycles. The third-order valence-electron chi connectivity index (χ3n) is 5.65. The summed E-state index contributed by atoms with van der Waals surface area (Å²) in [6, 6.07) is 9.68. The van der Waals surface area contributed by atoms with E-state index in [2.05, 4.69) is 4.90 Å². The lowest BCUT2D eigenvalue weighted by molar-refractivity contribution is -0.137. The summed E-state index contributed by atoms with van der Waals surface area (Å²) in [4.78, 5) is 17.3. The zero-order valence-corrected chi connectivity index (χ0v) is 17.7. The molecule has 2 aliphatic heterocycles. The van der Waals surface area contributed by atoms with Crippen LogP contribution in [0, 0.1) is 11.8 Å². The molecule has 2 atom stereocenters. The first kappa shape index (κ1) is 24.2. The Labute approximate surface area is 175 Å². The van der Waals surface area contributed by atoms with E-state index >= 15 is 0 Å². The molecule has 1 amide bonds. The normalized spacial score (nSPS) is 20.9. The molecule has 7 heteroatoms. The predicted octanol–water partition coefficient (Wildman–Crippen LogP) is 2.74. The number of benzene rings is 1. The Morgan fingerprint density at radius 1 is 1.11 bits per heavy atom. The van der Waals surface area contributed by atoms with Gasteiger partial charge in [-0.25, -0.2) is 0 Å². The van der Waals surface area contributed by atoms with Crippen molar-refractivity contribution in [2.75, 3.05) is 45.9 Å². The van der Waals surface area contributed by atoms with Crippen LogP contribution in [0.1, 0.15) is 31.4 Å². The number of nitrogens with zero attached hydrogens (tertiary/aromatic N) is 2. The molecule has 2 fully saturated rings. The summed E-state index contributed by atoms with van der Waals surface area (Å²) in [5, 5.41) is 0. The van der Waals surface area contributed by atoms with Crippen molar-refractivity contribution in [3.05, 3.63) is 35.9 Å². The second kappa shape index (κ2) is 11.9. The monoisotopic (exact) mass is 417 g/mol. The number of nitrogens with two attached hydrogens (primary N) is 1. The fourth-order valence-electron chi connectivity index (χ4n) is 3.85. The number of halogens is 2. The van der Waals surface area contributed by atoms with Crippen molar-refractivity contribution in [3.63, 3.8) is 0 Å². The van der Waals surface area contributed by atoms with Crippen molar-refractivity contribution >= 4 is 30.7 Å². The minimum Gasteiger partial charge on any atom is -0.381 e. The molecule has 0 bridgehead atoms. The van der Waals surface area contributed by atoms with Gasteiger partial charge in [0.2, 0.25) is 5.91 Å². The average Bonchev–Trinajstić information content (AvgIpc) is 2.68. The van der Waals surface area contributed by atoms with Gasteiger partial charge in [0.25, 0.3) is 0 Å². The van der Waals surface area contributed by atoms with Crippen LogP contribution in [0.3, 0.4) is 0 Å². The molecule has 2 saturated heterocycles. The molecular formula is C20H33Cl2N3O2. The fourth-order valence-corrected chi connectivity index (χ4v) is 3.85. The zero-order chi connectivity index (χ0) is 17.6. The number of carbonyl (C=O) groups excluding carboxylic acids is 1. The molecule has 154 valence electrons. The van der Waals surface area contributed by atoms with Crippen LogP contribution in [-0.2, 0) is 9.53 Å². The summed E-state index contributed by atoms with van der Waals surface area (Å²) in [6.45, 7) is 8.46. The van der Waals surface area contributed by atoms with E-state index in [4.69, 9.17) is 10.5 Å². The van der Waals surface area contributed by atoms with E-state index in [1.807, 2.05) is 42.2 Å². The zero-order valence-electron chi connectivity index (χ0n) is 16.1. The maximum atomic E-state index is 12.8. The predicted molar refractivity (Wildman–Crippen MR) is 114 cm³/mol. The van der Waals surface area contributed by atoms with Gasteiger partial charge >= 0.3 is 0 Å². The lowest BCUT2D eigenvalue weighted by atomic mass is 9.94. The van der Waals surface area contributed by atoms with E-state index in [-0.39, 0.29) is 42.7 Å². The van der Waals surface area contributed by atoms with Crippen molar-refractivity contribution in [2.24, 2.45) is 17.6 Å². The van der Waals surface area contributed by atoms with Crippen molar-refractivity contribution in [1.29, 1.82) is 0 Å². The van der Waals surface area contributed by atoms with E-state index in [0.717, 1.165) is 57.4 Å². The standard InChI is InChI=1S/C20H31N3O2.2ClH/c1-16(19(21)18-5-3-2-4-6-18)20(24)23-11-9-22(10-12-23)15-17-7-13-25-14-8-17;;/h2-6,16-17,19H,7-15,21H2,1H3;2*1H. The van der Waals surface area contributed by atoms with Crippen molar-refractivity contribution in [1.82, 2.24) is 9.80 Å². The SMILES string of the molecule is CC(C(=O)N1CCN(CC2CCOCC2)CC1)C(N)c1ccccc1.Cl.Cl. The fraction of sp³-hybridized carbons (Fsp3) is 0.650. The Morgan fingerprint density at radius 2 is 1.70 bits per heavy atom. The Balaban J connectivity index is 0.00000182. The van der Waals surface area contributed by atoms with E-state index in [9.17, 15) is 4.79 Å². The lowest BCUT2D eigenvalue weighted by Gasteiger charge is -2.38. The first-order chi connectivity index (χ1) is 12.1. The molecule has 2 heterocycles. The Kier molecular flexibility index (Phi) is 10.6. The van der Waals surface area contributed by atoms with Crippen LogP contribution >= 0.6 is 24.8 Å². The Morgan fingerprint density at radius 3 is 2.30 bits per heavy atom. The van der Waals surface area contributed by atoms with Gasteiger partial charge in [0, 0.05) is 52.0 Å². The van der Waals surface area contributed by atoms with Crippen LogP contribution < -0.4 is 5.73 Å². The molecule has 0 spiro atoms. The van der Waals surface area contributed by atoms with Crippen molar-refractivity contribution in [2.45, 2.75) is 25.8 Å². The van der Waals surface area contributed by atoms with Gasteiger partial charge in [0.05, 0.1) is 5.92 Å². The molecule has 27 heavy (non-hydrogen) atoms. The molecule has 0 saturated carbocycles. The quantitative estimate of drug-likeness (QED) is 0.799. The minimum absolute atomic E-state index is 0. The summed E-state index contributed by atoms with van der Waals surface area (Å²) in [7, 11) is 0. The number of hydrogen-bond acceptors (Lipinski definition) is 4. The van der Waals surface area contributed by atoms with Crippen LogP contribution in [0.2, 0.25) is 0 Å². The smallest absolute Gasteiger partial charge is 0.227 e. The first-order valence-electron chi connectivity index (χ1n) is 9.54. The maximum Gasteiger partial charge on any atom is 0.227 e. The number of carbonyl (C=O) groups is 1. The summed E-state index contributed by atoms with van der Waals surface area (Å²) < 4.78 is 5.44. The molecule has 5 nitrogen and oxygen atoms in total. The second-order valence-corrected chi connectivity index (χ2v) is 7.41. The molecule has 3 rings (SSSR count). The molecule has 1 aromatic carbocycles. The summed E-state index contributed by atoms with van der Waals surface area (Å²) in [5.74, 6) is 0.743. The van der Waals surface area contributed by atoms with Gasteiger partial charge in [0.15, 0.2) is 0 Å². The second-order valence-electron chi connectivity index (χ2n) is 7.41. The van der Waals surface area contributed by atoms with Gasteiger partial charge in [-0.15, -0.1) is 24.8 Å². The molecule has 2 N–H and O–H groups in total. The molecule has 0 radical (unpaired) electrons. The Hall–Kier alpha value is -0.850. The van der Waals surface area contributed by atoms with Gasteiger partial charge in [-0.05, 0) is 24.3 Å². The topological polar surface area (TPSA) is 58.8 Å². The highest BCUT2D eigenvalue weighted by Crippen LogP contribution is 2.22. The van der Waals surface area contributed by atoms with E-state index in [1.165, 1.54) is 12.8 Å². The molecule has 2 aliphatic rings. The number of rotatable bonds is 5. The van der Waals surface area contributed by atoms with Crippen LogP contribution in [0.5, 0.6) is 0 Å². The van der Waals surface area contributed by atoms with Gasteiger partial charge in [-0.2, -0.15) is 0 Å². The summed E-state index contributed by atoms with van der Waals surface area (Å²) >= 11 is 0. The van der Waals surface area contributed by atoms with E-state index in [0.29, 0.717) is 0 Å². The molecule has 2 unspecified atom stereocenters. The van der Waals surface area contributed by atoms with Crippen molar-refractivity contribution in [3.8, 4) is 0 Å². The van der Waals surface area contributed by atoms with Gasteiger partial charge < -0.3 is 15.4 Å². The van der Waals surface area contributed by atoms with Crippen LogP contribution in [0.4, 0.5) is 0 Å². The third kappa shape index (κ3) is 6.61. The highest BCUT2D eigenvalue weighted by Gasteiger charge is 2.29. The van der Waals surface area contributed by atoms with Crippen molar-refractivity contribution < 1.29 is 9.53 Å². The van der Waals surface area contributed by atoms with Gasteiger partial charge in [-0.3, -0.25) is 9.69 Å². The third-order valence-corrected chi connectivity index (χ3v) is 5.65. The summed E-state index contributed by atoms with van der Waals surface area (Å²) in [6.07, 6.45) is 2.34. The minimum atomic E-state index is -0.242. The highest BCUT2D eigenvalue weighted by atomic mass is 35.5. The molecule has 1 aromatic rings. The number of ether oxygens (including phenoxy) is 1. The lowest BCUT2D eigenvalue weighted by Crippen LogP contribution is -2.52. The number of hydrogen-bond donors (Lipinski definition) is 1. The molecule has 0 aromatic heterocycles. The highest BCUT2D eigenvalue weighted by molar-refractivity contribution is 5.85. The largest absolute Gasteiger partial charge is 0.381 e. The number of piperazine rings is 1. The Bertz CT molecular complexity index is 547. The molecular weight excluding hydrogens is 385 g/mol. The average molecular weight is 418 g/mol. The number of amides is 1. The van der Waals surface area contributed by atoms with Crippen LogP contribution in [0.25, 0.3) is 0 Å². The van der Waals surface area contributed by atoms with E-state index in [1.54, 1.807) is 0 Å².